The number of aryl methyl sites for hydroxylation is 1. The van der Waals surface area contributed by atoms with Gasteiger partial charge in [-0.3, -0.25) is 14.8 Å². The van der Waals surface area contributed by atoms with Crippen LogP contribution in [0.25, 0.3) is 0 Å². The van der Waals surface area contributed by atoms with Gasteiger partial charge in [0.05, 0.1) is 26.0 Å². The molecule has 1 saturated carbocycles. The third-order valence-corrected chi connectivity index (χ3v) is 7.22. The summed E-state index contributed by atoms with van der Waals surface area (Å²) in [6.07, 6.45) is 1.39. The molecule has 11 heteroatoms. The minimum atomic E-state index is -4.06. The maximum absolute atomic E-state index is 12.6. The van der Waals surface area contributed by atoms with Gasteiger partial charge in [0.15, 0.2) is 0 Å². The minimum absolute atomic E-state index is 0.0195. The first-order valence-electron chi connectivity index (χ1n) is 8.40. The SMILES string of the molecule is Cc1ccc(S(=O)(=O)Nc2cc(S(=O)(=O)NC3CC3)cc([N+](=O)[O-])c2C)cc1. The number of anilines is 1. The van der Waals surface area contributed by atoms with Gasteiger partial charge in [-0.25, -0.2) is 21.6 Å². The number of nitro groups is 1. The van der Waals surface area contributed by atoms with Crippen LogP contribution in [0, 0.1) is 24.0 Å². The molecule has 3 rings (SSSR count). The fourth-order valence-corrected chi connectivity index (χ4v) is 5.00. The van der Waals surface area contributed by atoms with Crippen molar-refractivity contribution >= 4 is 31.4 Å². The summed E-state index contributed by atoms with van der Waals surface area (Å²) in [7, 11) is -8.06. The van der Waals surface area contributed by atoms with Gasteiger partial charge < -0.3 is 0 Å². The van der Waals surface area contributed by atoms with Crippen LogP contribution in [0.15, 0.2) is 46.2 Å². The lowest BCUT2D eigenvalue weighted by atomic mass is 10.1. The van der Waals surface area contributed by atoms with E-state index >= 15 is 0 Å². The molecule has 0 unspecified atom stereocenters. The smallest absolute Gasteiger partial charge is 0.275 e. The fraction of sp³-hybridized carbons (Fsp3) is 0.294. The van der Waals surface area contributed by atoms with Crippen molar-refractivity contribution in [2.75, 3.05) is 4.72 Å². The van der Waals surface area contributed by atoms with Crippen LogP contribution in [-0.2, 0) is 20.0 Å². The van der Waals surface area contributed by atoms with Crippen molar-refractivity contribution in [3.63, 3.8) is 0 Å². The number of hydrogen-bond donors (Lipinski definition) is 2. The lowest BCUT2D eigenvalue weighted by Gasteiger charge is -2.13. The Morgan fingerprint density at radius 3 is 2.11 bits per heavy atom. The highest BCUT2D eigenvalue weighted by atomic mass is 32.2. The molecule has 0 amide bonds. The Labute approximate surface area is 163 Å². The van der Waals surface area contributed by atoms with Crippen molar-refractivity contribution < 1.29 is 21.8 Å². The molecular formula is C17H19N3O6S2. The molecule has 0 atom stereocenters. The average Bonchev–Trinajstić information content (AvgIpc) is 3.39. The number of rotatable bonds is 7. The maximum Gasteiger partial charge on any atom is 0.275 e. The summed E-state index contributed by atoms with van der Waals surface area (Å²) in [5.74, 6) is 0. The van der Waals surface area contributed by atoms with E-state index in [9.17, 15) is 26.9 Å². The van der Waals surface area contributed by atoms with Crippen molar-refractivity contribution in [1.29, 1.82) is 0 Å². The molecule has 2 aromatic carbocycles. The fourth-order valence-electron chi connectivity index (χ4n) is 2.53. The molecule has 9 nitrogen and oxygen atoms in total. The van der Waals surface area contributed by atoms with Crippen molar-refractivity contribution in [1.82, 2.24) is 4.72 Å². The predicted molar refractivity (Wildman–Crippen MR) is 103 cm³/mol. The number of nitro benzene ring substituents is 1. The van der Waals surface area contributed by atoms with Gasteiger partial charge in [-0.05, 0) is 44.9 Å². The third kappa shape index (κ3) is 4.32. The summed E-state index contributed by atoms with van der Waals surface area (Å²) in [5.41, 5.74) is 0.238. The number of sulfonamides is 2. The van der Waals surface area contributed by atoms with Gasteiger partial charge in [-0.2, -0.15) is 0 Å². The monoisotopic (exact) mass is 425 g/mol. The zero-order valence-corrected chi connectivity index (χ0v) is 16.8. The zero-order chi connectivity index (χ0) is 20.7. The van der Waals surface area contributed by atoms with E-state index in [1.165, 1.54) is 19.1 Å². The van der Waals surface area contributed by atoms with Gasteiger partial charge in [0.25, 0.3) is 15.7 Å². The molecule has 0 aliphatic heterocycles. The molecule has 150 valence electrons. The number of benzene rings is 2. The molecular weight excluding hydrogens is 406 g/mol. The van der Waals surface area contributed by atoms with Crippen LogP contribution in [0.2, 0.25) is 0 Å². The van der Waals surface area contributed by atoms with Crippen LogP contribution in [-0.4, -0.2) is 27.8 Å². The normalized spacial score (nSPS) is 14.6. The molecule has 28 heavy (non-hydrogen) atoms. The second kappa shape index (κ2) is 7.15. The van der Waals surface area contributed by atoms with Crippen LogP contribution >= 0.6 is 0 Å². The standard InChI is InChI=1S/C17H19N3O6S2/c1-11-3-7-14(8-4-11)27(23,24)19-16-9-15(10-17(12(16)2)20(21)22)28(25,26)18-13-5-6-13/h3-4,7-10,13,18-19H,5-6H2,1-2H3. The minimum Gasteiger partial charge on any atom is -0.279 e. The van der Waals surface area contributed by atoms with Crippen molar-refractivity contribution in [2.24, 2.45) is 0 Å². The van der Waals surface area contributed by atoms with Gasteiger partial charge in [0.2, 0.25) is 10.0 Å². The summed E-state index contributed by atoms with van der Waals surface area (Å²) >= 11 is 0. The Hall–Kier alpha value is -2.50. The zero-order valence-electron chi connectivity index (χ0n) is 15.2. The first-order valence-corrected chi connectivity index (χ1v) is 11.4. The predicted octanol–water partition coefficient (Wildman–Crippen LogP) is 2.45. The van der Waals surface area contributed by atoms with Crippen LogP contribution < -0.4 is 9.44 Å². The van der Waals surface area contributed by atoms with Gasteiger partial charge >= 0.3 is 0 Å². The van der Waals surface area contributed by atoms with E-state index in [0.29, 0.717) is 12.8 Å². The maximum atomic E-state index is 12.6. The van der Waals surface area contributed by atoms with Crippen molar-refractivity contribution in [2.45, 2.75) is 42.5 Å². The molecule has 1 fully saturated rings. The lowest BCUT2D eigenvalue weighted by molar-refractivity contribution is -0.385. The Kier molecular flexibility index (Phi) is 5.17. The quantitative estimate of drug-likeness (QED) is 0.517. The Morgan fingerprint density at radius 2 is 1.57 bits per heavy atom. The average molecular weight is 425 g/mol. The molecule has 0 saturated heterocycles. The van der Waals surface area contributed by atoms with Crippen LogP contribution in [0.3, 0.4) is 0 Å². The molecule has 1 aliphatic carbocycles. The molecule has 0 bridgehead atoms. The molecule has 0 heterocycles. The Morgan fingerprint density at radius 1 is 0.964 bits per heavy atom. The number of nitrogens with zero attached hydrogens (tertiary/aromatic N) is 1. The van der Waals surface area contributed by atoms with E-state index in [1.807, 2.05) is 0 Å². The van der Waals surface area contributed by atoms with Gasteiger partial charge in [0, 0.05) is 12.1 Å². The summed E-state index contributed by atoms with van der Waals surface area (Å²) in [4.78, 5) is 10.2. The largest absolute Gasteiger partial charge is 0.279 e. The molecule has 1 aliphatic rings. The summed E-state index contributed by atoms with van der Waals surface area (Å²) in [6, 6.07) is 7.86. The van der Waals surface area contributed by atoms with Gasteiger partial charge in [0.1, 0.15) is 0 Å². The highest BCUT2D eigenvalue weighted by Crippen LogP contribution is 2.32. The molecule has 0 spiro atoms. The highest BCUT2D eigenvalue weighted by Gasteiger charge is 2.30. The molecule has 2 aromatic rings. The number of hydrogen-bond acceptors (Lipinski definition) is 6. The van der Waals surface area contributed by atoms with E-state index in [4.69, 9.17) is 0 Å². The van der Waals surface area contributed by atoms with E-state index in [1.54, 1.807) is 19.1 Å². The first-order chi connectivity index (χ1) is 13.0. The highest BCUT2D eigenvalue weighted by molar-refractivity contribution is 7.92. The van der Waals surface area contributed by atoms with Crippen LogP contribution in [0.1, 0.15) is 24.0 Å². The summed E-state index contributed by atoms with van der Waals surface area (Å²) < 4.78 is 55.0. The van der Waals surface area contributed by atoms with Gasteiger partial charge in [-0.15, -0.1) is 0 Å². The first kappa shape index (κ1) is 20.2. The molecule has 2 N–H and O–H groups in total. The second-order valence-corrected chi connectivity index (χ2v) is 10.1. The molecule has 0 aromatic heterocycles. The van der Waals surface area contributed by atoms with Crippen LogP contribution in [0.4, 0.5) is 11.4 Å². The summed E-state index contributed by atoms with van der Waals surface area (Å²) in [5, 5.41) is 11.4. The Balaban J connectivity index is 2.06. The second-order valence-electron chi connectivity index (χ2n) is 6.69. The van der Waals surface area contributed by atoms with Crippen LogP contribution in [0.5, 0.6) is 0 Å². The third-order valence-electron chi connectivity index (χ3n) is 4.34. The number of nitrogens with one attached hydrogen (secondary N) is 2. The van der Waals surface area contributed by atoms with E-state index in [2.05, 4.69) is 9.44 Å². The lowest BCUT2D eigenvalue weighted by Crippen LogP contribution is -2.26. The van der Waals surface area contributed by atoms with Crippen molar-refractivity contribution in [3.8, 4) is 0 Å². The topological polar surface area (TPSA) is 135 Å². The van der Waals surface area contributed by atoms with E-state index in [-0.39, 0.29) is 27.1 Å². The molecule has 0 radical (unpaired) electrons. The van der Waals surface area contributed by atoms with Gasteiger partial charge in [-0.1, -0.05) is 17.7 Å². The summed E-state index contributed by atoms with van der Waals surface area (Å²) in [6.45, 7) is 3.16. The van der Waals surface area contributed by atoms with Crippen molar-refractivity contribution in [3.05, 3.63) is 57.6 Å². The van der Waals surface area contributed by atoms with E-state index in [0.717, 1.165) is 17.7 Å². The van der Waals surface area contributed by atoms with E-state index < -0.39 is 30.7 Å². The Bertz CT molecular complexity index is 1140.